The number of hydrogen-bond acceptors (Lipinski definition) is 4. The topological polar surface area (TPSA) is 58.6 Å². The maximum Gasteiger partial charge on any atom is 0.307 e. The van der Waals surface area contributed by atoms with Crippen molar-refractivity contribution >= 4 is 5.97 Å². The van der Waals surface area contributed by atoms with E-state index in [9.17, 15) is 9.90 Å². The zero-order chi connectivity index (χ0) is 15.0. The molecule has 20 heavy (non-hydrogen) atoms. The van der Waals surface area contributed by atoms with Gasteiger partial charge in [-0.1, -0.05) is 44.2 Å². The van der Waals surface area contributed by atoms with E-state index in [1.54, 1.807) is 0 Å². The Labute approximate surface area is 121 Å². The van der Waals surface area contributed by atoms with Gasteiger partial charge in [-0.15, -0.1) is 0 Å². The second kappa shape index (κ2) is 8.72. The average molecular weight is 279 g/mol. The molecule has 4 nitrogen and oxygen atoms in total. The zero-order valence-electron chi connectivity index (χ0n) is 12.5. The summed E-state index contributed by atoms with van der Waals surface area (Å²) in [5, 5.41) is 13.7. The Balaban J connectivity index is 2.67. The van der Waals surface area contributed by atoms with Crippen molar-refractivity contribution in [2.45, 2.75) is 38.8 Å². The molecule has 1 aromatic carbocycles. The predicted molar refractivity (Wildman–Crippen MR) is 79.3 cm³/mol. The van der Waals surface area contributed by atoms with Crippen molar-refractivity contribution in [2.24, 2.45) is 5.92 Å². The SMILES string of the molecule is COC(=O)CC(NCCC(C)C)C(O)c1ccccc1. The number of hydrogen-bond donors (Lipinski definition) is 2. The molecule has 0 saturated carbocycles. The minimum atomic E-state index is -0.720. The first kappa shape index (κ1) is 16.7. The Morgan fingerprint density at radius 1 is 1.30 bits per heavy atom. The van der Waals surface area contributed by atoms with E-state index in [0.29, 0.717) is 5.92 Å². The van der Waals surface area contributed by atoms with Crippen LogP contribution in [0.1, 0.15) is 38.4 Å². The van der Waals surface area contributed by atoms with Gasteiger partial charge >= 0.3 is 5.97 Å². The lowest BCUT2D eigenvalue weighted by atomic mass is 9.99. The molecule has 0 aliphatic heterocycles. The monoisotopic (exact) mass is 279 g/mol. The Hall–Kier alpha value is -1.39. The summed E-state index contributed by atoms with van der Waals surface area (Å²) in [6.45, 7) is 5.05. The highest BCUT2D eigenvalue weighted by Gasteiger charge is 2.23. The molecule has 0 bridgehead atoms. The van der Waals surface area contributed by atoms with Crippen LogP contribution < -0.4 is 5.32 Å². The molecular formula is C16H25NO3. The standard InChI is InChI=1S/C16H25NO3/c1-12(2)9-10-17-14(11-15(18)20-3)16(19)13-7-5-4-6-8-13/h4-8,12,14,16-17,19H,9-11H2,1-3H3. The van der Waals surface area contributed by atoms with Gasteiger partial charge in [-0.3, -0.25) is 4.79 Å². The number of methoxy groups -OCH3 is 1. The third-order valence-electron chi connectivity index (χ3n) is 3.26. The first-order chi connectivity index (χ1) is 9.54. The van der Waals surface area contributed by atoms with Gasteiger partial charge in [0.25, 0.3) is 0 Å². The van der Waals surface area contributed by atoms with Crippen LogP contribution in [0.15, 0.2) is 30.3 Å². The highest BCUT2D eigenvalue weighted by atomic mass is 16.5. The number of carbonyl (C=O) groups excluding carboxylic acids is 1. The molecule has 0 saturated heterocycles. The van der Waals surface area contributed by atoms with E-state index in [2.05, 4.69) is 19.2 Å². The third-order valence-corrected chi connectivity index (χ3v) is 3.26. The minimum Gasteiger partial charge on any atom is -0.469 e. The summed E-state index contributed by atoms with van der Waals surface area (Å²) in [6.07, 6.45) is 0.437. The lowest BCUT2D eigenvalue weighted by molar-refractivity contribution is -0.142. The minimum absolute atomic E-state index is 0.157. The quantitative estimate of drug-likeness (QED) is 0.717. The van der Waals surface area contributed by atoms with E-state index in [0.717, 1.165) is 18.5 Å². The molecule has 2 atom stereocenters. The molecule has 4 heteroatoms. The fourth-order valence-corrected chi connectivity index (χ4v) is 2.00. The van der Waals surface area contributed by atoms with Crippen molar-refractivity contribution in [3.63, 3.8) is 0 Å². The Kier molecular flexibility index (Phi) is 7.26. The summed E-state index contributed by atoms with van der Waals surface area (Å²) in [5.74, 6) is 0.261. The molecule has 0 aliphatic carbocycles. The summed E-state index contributed by atoms with van der Waals surface area (Å²) in [7, 11) is 1.36. The van der Waals surface area contributed by atoms with Gasteiger partial charge in [-0.2, -0.15) is 0 Å². The smallest absolute Gasteiger partial charge is 0.307 e. The van der Waals surface area contributed by atoms with E-state index in [1.165, 1.54) is 7.11 Å². The average Bonchev–Trinajstić information content (AvgIpc) is 2.45. The van der Waals surface area contributed by atoms with Gasteiger partial charge in [0.1, 0.15) is 0 Å². The number of rotatable bonds is 8. The van der Waals surface area contributed by atoms with Crippen molar-refractivity contribution in [3.05, 3.63) is 35.9 Å². The van der Waals surface area contributed by atoms with Gasteiger partial charge in [0.05, 0.1) is 19.6 Å². The van der Waals surface area contributed by atoms with Crippen LogP contribution in [0.2, 0.25) is 0 Å². The lowest BCUT2D eigenvalue weighted by Gasteiger charge is -2.24. The van der Waals surface area contributed by atoms with Gasteiger partial charge < -0.3 is 15.2 Å². The number of nitrogens with one attached hydrogen (secondary N) is 1. The molecule has 1 aromatic rings. The van der Waals surface area contributed by atoms with Crippen LogP contribution in [-0.4, -0.2) is 30.8 Å². The van der Waals surface area contributed by atoms with Crippen LogP contribution >= 0.6 is 0 Å². The summed E-state index contributed by atoms with van der Waals surface area (Å²) in [4.78, 5) is 11.5. The van der Waals surface area contributed by atoms with Crippen LogP contribution in [0.4, 0.5) is 0 Å². The zero-order valence-corrected chi connectivity index (χ0v) is 12.5. The number of esters is 1. The number of carbonyl (C=O) groups is 1. The summed E-state index contributed by atoms with van der Waals surface area (Å²) < 4.78 is 4.70. The maximum absolute atomic E-state index is 11.5. The Morgan fingerprint density at radius 2 is 1.95 bits per heavy atom. The van der Waals surface area contributed by atoms with E-state index in [4.69, 9.17) is 4.74 Å². The van der Waals surface area contributed by atoms with Gasteiger partial charge in [0.15, 0.2) is 0 Å². The second-order valence-electron chi connectivity index (χ2n) is 5.38. The van der Waals surface area contributed by atoms with Crippen LogP contribution in [0.3, 0.4) is 0 Å². The third kappa shape index (κ3) is 5.72. The molecule has 0 aromatic heterocycles. The molecule has 0 radical (unpaired) electrons. The summed E-state index contributed by atoms with van der Waals surface area (Å²) in [5.41, 5.74) is 0.804. The fourth-order valence-electron chi connectivity index (χ4n) is 2.00. The van der Waals surface area contributed by atoms with Crippen LogP contribution in [0.5, 0.6) is 0 Å². The lowest BCUT2D eigenvalue weighted by Crippen LogP contribution is -2.38. The van der Waals surface area contributed by atoms with E-state index >= 15 is 0 Å². The molecule has 0 amide bonds. The number of ether oxygens (including phenoxy) is 1. The second-order valence-corrected chi connectivity index (χ2v) is 5.38. The normalized spacial score (nSPS) is 14.1. The van der Waals surface area contributed by atoms with Gasteiger partial charge in [0.2, 0.25) is 0 Å². The van der Waals surface area contributed by atoms with E-state index in [-0.39, 0.29) is 18.4 Å². The summed E-state index contributed by atoms with van der Waals surface area (Å²) in [6, 6.07) is 9.04. The fraction of sp³-hybridized carbons (Fsp3) is 0.562. The summed E-state index contributed by atoms with van der Waals surface area (Å²) >= 11 is 0. The van der Waals surface area contributed by atoms with E-state index < -0.39 is 6.10 Å². The molecule has 1 rings (SSSR count). The number of aliphatic hydroxyl groups excluding tert-OH is 1. The molecule has 0 aliphatic rings. The predicted octanol–water partition coefficient (Wildman–Crippen LogP) is 2.29. The van der Waals surface area contributed by atoms with Gasteiger partial charge in [-0.25, -0.2) is 0 Å². The molecule has 0 heterocycles. The molecule has 112 valence electrons. The highest BCUT2D eigenvalue weighted by Crippen LogP contribution is 2.19. The molecular weight excluding hydrogens is 254 g/mol. The molecule has 0 spiro atoms. The van der Waals surface area contributed by atoms with Crippen LogP contribution in [0.25, 0.3) is 0 Å². The largest absolute Gasteiger partial charge is 0.469 e. The Bertz CT molecular complexity index is 392. The van der Waals surface area contributed by atoms with Crippen molar-refractivity contribution < 1.29 is 14.6 Å². The number of aliphatic hydroxyl groups is 1. The first-order valence-electron chi connectivity index (χ1n) is 7.07. The first-order valence-corrected chi connectivity index (χ1v) is 7.07. The van der Waals surface area contributed by atoms with Crippen molar-refractivity contribution in [3.8, 4) is 0 Å². The van der Waals surface area contributed by atoms with Crippen molar-refractivity contribution in [2.75, 3.05) is 13.7 Å². The van der Waals surface area contributed by atoms with Crippen molar-refractivity contribution in [1.29, 1.82) is 0 Å². The molecule has 0 fully saturated rings. The van der Waals surface area contributed by atoms with Gasteiger partial charge in [0, 0.05) is 6.04 Å². The van der Waals surface area contributed by atoms with Gasteiger partial charge in [-0.05, 0) is 24.4 Å². The molecule has 2 unspecified atom stereocenters. The van der Waals surface area contributed by atoms with Crippen LogP contribution in [0, 0.1) is 5.92 Å². The number of benzene rings is 1. The van der Waals surface area contributed by atoms with E-state index in [1.807, 2.05) is 30.3 Å². The van der Waals surface area contributed by atoms with Crippen molar-refractivity contribution in [1.82, 2.24) is 5.32 Å². The highest BCUT2D eigenvalue weighted by molar-refractivity contribution is 5.70. The maximum atomic E-state index is 11.5. The Morgan fingerprint density at radius 3 is 2.50 bits per heavy atom. The van der Waals surface area contributed by atoms with Crippen LogP contribution in [-0.2, 0) is 9.53 Å². The molecule has 2 N–H and O–H groups in total.